The largest absolute Gasteiger partial charge is 0.446 e. The van der Waals surface area contributed by atoms with Crippen molar-refractivity contribution in [3.63, 3.8) is 0 Å². The number of hydrogen-bond acceptors (Lipinski definition) is 2. The lowest BCUT2D eigenvalue weighted by atomic mass is 10.7. The first kappa shape index (κ1) is 5.14. The second-order valence-corrected chi connectivity index (χ2v) is 2.71. The molecular formula is C3H4INO2. The molecule has 0 aliphatic carbocycles. The Morgan fingerprint density at radius 3 is 2.86 bits per heavy atom. The van der Waals surface area contributed by atoms with Gasteiger partial charge in [-0.25, -0.2) is 4.79 Å². The third-order valence-electron chi connectivity index (χ3n) is 0.635. The molecule has 1 atom stereocenters. The Labute approximate surface area is 54.6 Å². The van der Waals surface area contributed by atoms with Crippen LogP contribution in [0.1, 0.15) is 0 Å². The predicted molar refractivity (Wildman–Crippen MR) is 32.3 cm³/mol. The van der Waals surface area contributed by atoms with E-state index in [4.69, 9.17) is 0 Å². The summed E-state index contributed by atoms with van der Waals surface area (Å²) in [5.41, 5.74) is 0. The first-order chi connectivity index (χ1) is 3.29. The smallest absolute Gasteiger partial charge is 0.408 e. The lowest BCUT2D eigenvalue weighted by molar-refractivity contribution is 0.178. The number of cyclic esters (lactones) is 1. The summed E-state index contributed by atoms with van der Waals surface area (Å²) in [5, 5.41) is 2.54. The zero-order valence-electron chi connectivity index (χ0n) is 3.48. The molecule has 1 aliphatic heterocycles. The molecule has 0 bridgehead atoms. The molecule has 1 N–H and O–H groups in total. The lowest BCUT2D eigenvalue weighted by Gasteiger charge is -1.87. The molecule has 0 saturated carbocycles. The van der Waals surface area contributed by atoms with Gasteiger partial charge in [0.15, 0.2) is 0 Å². The maximum atomic E-state index is 10.1. The topological polar surface area (TPSA) is 38.3 Å². The SMILES string of the molecule is O=C1NC(I)CO1. The van der Waals surface area contributed by atoms with Crippen molar-refractivity contribution in [2.24, 2.45) is 0 Å². The second kappa shape index (κ2) is 1.85. The number of hydrogen-bond donors (Lipinski definition) is 1. The highest BCUT2D eigenvalue weighted by Gasteiger charge is 2.17. The minimum absolute atomic E-state index is 0.171. The highest BCUT2D eigenvalue weighted by molar-refractivity contribution is 14.1. The summed E-state index contributed by atoms with van der Waals surface area (Å²) in [5.74, 6) is 0. The first-order valence-electron chi connectivity index (χ1n) is 1.86. The van der Waals surface area contributed by atoms with Crippen molar-refractivity contribution in [2.45, 2.75) is 4.05 Å². The third kappa shape index (κ3) is 1.19. The summed E-state index contributed by atoms with van der Waals surface area (Å²) >= 11 is 2.09. The summed E-state index contributed by atoms with van der Waals surface area (Å²) in [6.45, 7) is 0.499. The molecule has 1 saturated heterocycles. The molecule has 7 heavy (non-hydrogen) atoms. The van der Waals surface area contributed by atoms with Crippen LogP contribution in [0.4, 0.5) is 4.79 Å². The van der Waals surface area contributed by atoms with Crippen molar-refractivity contribution in [3.8, 4) is 0 Å². The molecule has 1 amide bonds. The average molecular weight is 213 g/mol. The van der Waals surface area contributed by atoms with Crippen molar-refractivity contribution >= 4 is 28.7 Å². The Hall–Kier alpha value is -0.0000000000000000555. The Kier molecular flexibility index (Phi) is 1.36. The van der Waals surface area contributed by atoms with Crippen LogP contribution in [0.15, 0.2) is 0 Å². The second-order valence-electron chi connectivity index (χ2n) is 1.21. The molecule has 0 spiro atoms. The van der Waals surface area contributed by atoms with Gasteiger partial charge in [-0.15, -0.1) is 0 Å². The van der Waals surface area contributed by atoms with Crippen LogP contribution >= 0.6 is 22.6 Å². The molecule has 0 aromatic rings. The van der Waals surface area contributed by atoms with Gasteiger partial charge < -0.3 is 10.1 Å². The minimum Gasteiger partial charge on any atom is -0.446 e. The molecule has 1 unspecified atom stereocenters. The first-order valence-corrected chi connectivity index (χ1v) is 3.11. The molecule has 40 valence electrons. The monoisotopic (exact) mass is 213 g/mol. The van der Waals surface area contributed by atoms with Crippen LogP contribution < -0.4 is 5.32 Å². The molecule has 1 rings (SSSR count). The molecule has 1 fully saturated rings. The third-order valence-corrected chi connectivity index (χ3v) is 1.31. The number of alkyl halides is 1. The summed E-state index contributed by atoms with van der Waals surface area (Å²) in [6.07, 6.45) is -0.306. The molecule has 0 aromatic heterocycles. The van der Waals surface area contributed by atoms with Crippen molar-refractivity contribution in [3.05, 3.63) is 0 Å². The zero-order valence-corrected chi connectivity index (χ0v) is 5.64. The van der Waals surface area contributed by atoms with Gasteiger partial charge in [0.1, 0.15) is 10.7 Å². The van der Waals surface area contributed by atoms with Gasteiger partial charge in [-0.2, -0.15) is 0 Å². The van der Waals surface area contributed by atoms with Crippen LogP contribution in [0.2, 0.25) is 0 Å². The van der Waals surface area contributed by atoms with Crippen molar-refractivity contribution in [1.29, 1.82) is 0 Å². The normalized spacial score (nSPS) is 29.3. The van der Waals surface area contributed by atoms with E-state index >= 15 is 0 Å². The maximum absolute atomic E-state index is 10.1. The van der Waals surface area contributed by atoms with Gasteiger partial charge in [0, 0.05) is 0 Å². The van der Waals surface area contributed by atoms with Crippen molar-refractivity contribution in [2.75, 3.05) is 6.61 Å². The summed E-state index contributed by atoms with van der Waals surface area (Å²) in [6, 6.07) is 0. The fraction of sp³-hybridized carbons (Fsp3) is 0.667. The van der Waals surface area contributed by atoms with E-state index < -0.39 is 0 Å². The van der Waals surface area contributed by atoms with Crippen LogP contribution in [-0.2, 0) is 4.74 Å². The average Bonchev–Trinajstić information content (AvgIpc) is 1.87. The van der Waals surface area contributed by atoms with Gasteiger partial charge >= 0.3 is 6.09 Å². The molecular weight excluding hydrogens is 209 g/mol. The molecule has 0 radical (unpaired) electrons. The van der Waals surface area contributed by atoms with Crippen LogP contribution in [-0.4, -0.2) is 16.7 Å². The van der Waals surface area contributed by atoms with Gasteiger partial charge in [0.05, 0.1) is 0 Å². The number of ether oxygens (including phenoxy) is 1. The van der Waals surface area contributed by atoms with E-state index in [2.05, 4.69) is 32.6 Å². The van der Waals surface area contributed by atoms with Gasteiger partial charge in [-0.1, -0.05) is 22.6 Å². The quantitative estimate of drug-likeness (QED) is 0.361. The minimum atomic E-state index is -0.306. The number of amides is 1. The van der Waals surface area contributed by atoms with Crippen LogP contribution in [0, 0.1) is 0 Å². The highest BCUT2D eigenvalue weighted by Crippen LogP contribution is 2.03. The van der Waals surface area contributed by atoms with E-state index in [-0.39, 0.29) is 10.1 Å². The van der Waals surface area contributed by atoms with E-state index in [0.29, 0.717) is 6.61 Å². The van der Waals surface area contributed by atoms with Crippen LogP contribution in [0.3, 0.4) is 0 Å². The molecule has 4 heteroatoms. The van der Waals surface area contributed by atoms with Crippen molar-refractivity contribution in [1.82, 2.24) is 5.32 Å². The van der Waals surface area contributed by atoms with Gasteiger partial charge in [0.2, 0.25) is 0 Å². The van der Waals surface area contributed by atoms with E-state index in [1.54, 1.807) is 0 Å². The van der Waals surface area contributed by atoms with Crippen molar-refractivity contribution < 1.29 is 9.53 Å². The van der Waals surface area contributed by atoms with Crippen LogP contribution in [0.25, 0.3) is 0 Å². The maximum Gasteiger partial charge on any atom is 0.408 e. The number of halogens is 1. The summed E-state index contributed by atoms with van der Waals surface area (Å²) < 4.78 is 4.68. The number of nitrogens with one attached hydrogen (secondary N) is 1. The van der Waals surface area contributed by atoms with Crippen LogP contribution in [0.5, 0.6) is 0 Å². The summed E-state index contributed by atoms with van der Waals surface area (Å²) in [7, 11) is 0. The van der Waals surface area contributed by atoms with E-state index in [0.717, 1.165) is 0 Å². The fourth-order valence-corrected chi connectivity index (χ4v) is 0.794. The number of carbonyl (C=O) groups is 1. The Bertz CT molecular complexity index is 94.9. The van der Waals surface area contributed by atoms with Gasteiger partial charge in [-0.05, 0) is 0 Å². The lowest BCUT2D eigenvalue weighted by Crippen LogP contribution is -2.18. The summed E-state index contributed by atoms with van der Waals surface area (Å²) in [4.78, 5) is 10.1. The van der Waals surface area contributed by atoms with Gasteiger partial charge in [-0.3, -0.25) is 0 Å². The zero-order chi connectivity index (χ0) is 5.28. The van der Waals surface area contributed by atoms with E-state index in [1.807, 2.05) is 0 Å². The van der Waals surface area contributed by atoms with E-state index in [9.17, 15) is 4.79 Å². The molecule has 1 aliphatic rings. The Morgan fingerprint density at radius 2 is 2.71 bits per heavy atom. The Balaban J connectivity index is 2.40. The standard InChI is InChI=1S/C3H4INO2/c4-2-1-7-3(6)5-2/h2H,1H2,(H,5,6). The van der Waals surface area contributed by atoms with Gasteiger partial charge in [0.25, 0.3) is 0 Å². The molecule has 3 nitrogen and oxygen atoms in total. The number of rotatable bonds is 0. The van der Waals surface area contributed by atoms with E-state index in [1.165, 1.54) is 0 Å². The predicted octanol–water partition coefficient (Wildman–Crippen LogP) is 0.487. The fourth-order valence-electron chi connectivity index (χ4n) is 0.360. The molecule has 1 heterocycles. The number of alkyl carbamates (subject to hydrolysis) is 1. The number of carbonyl (C=O) groups excluding carboxylic acids is 1. The highest BCUT2D eigenvalue weighted by atomic mass is 127. The Morgan fingerprint density at radius 1 is 2.00 bits per heavy atom. The molecule has 0 aromatic carbocycles.